The van der Waals surface area contributed by atoms with Crippen molar-refractivity contribution in [1.29, 1.82) is 0 Å². The van der Waals surface area contributed by atoms with E-state index >= 15 is 0 Å². The summed E-state index contributed by atoms with van der Waals surface area (Å²) in [5, 5.41) is 3.34. The quantitative estimate of drug-likeness (QED) is 0.246. The third-order valence-corrected chi connectivity index (χ3v) is 6.29. The molecule has 33 heavy (non-hydrogen) atoms. The van der Waals surface area contributed by atoms with Crippen molar-refractivity contribution in [3.05, 3.63) is 100 Å². The Labute approximate surface area is 195 Å². The average Bonchev–Trinajstić information content (AvgIpc) is 2.82. The highest BCUT2D eigenvalue weighted by Crippen LogP contribution is 2.24. The maximum Gasteiger partial charge on any atom is 0.262 e. The SMILES string of the molecule is CC(=O)c1cccc(NC(=O)[C@@H](C)Sc2nc3ccccc3c(=O)n2Cc2ccccc2)c1. The summed E-state index contributed by atoms with van der Waals surface area (Å²) in [5.41, 5.74) is 2.50. The van der Waals surface area contributed by atoms with Gasteiger partial charge in [0.05, 0.1) is 22.7 Å². The Balaban J connectivity index is 1.63. The normalized spacial score (nSPS) is 11.8. The fraction of sp³-hybridized carbons (Fsp3) is 0.154. The topological polar surface area (TPSA) is 81.1 Å². The minimum absolute atomic E-state index is 0.0705. The van der Waals surface area contributed by atoms with Crippen molar-refractivity contribution in [3.8, 4) is 0 Å². The van der Waals surface area contributed by atoms with Crippen LogP contribution in [0.5, 0.6) is 0 Å². The summed E-state index contributed by atoms with van der Waals surface area (Å²) < 4.78 is 1.61. The van der Waals surface area contributed by atoms with E-state index in [1.165, 1.54) is 18.7 Å². The Morgan fingerprint density at radius 2 is 1.73 bits per heavy atom. The lowest BCUT2D eigenvalue weighted by molar-refractivity contribution is -0.115. The number of carbonyl (C=O) groups excluding carboxylic acids is 2. The van der Waals surface area contributed by atoms with Crippen LogP contribution in [0.4, 0.5) is 5.69 Å². The van der Waals surface area contributed by atoms with Gasteiger partial charge in [0.1, 0.15) is 0 Å². The van der Waals surface area contributed by atoms with Gasteiger partial charge < -0.3 is 5.32 Å². The number of thioether (sulfide) groups is 1. The first kappa shape index (κ1) is 22.5. The predicted octanol–water partition coefficient (Wildman–Crippen LogP) is 4.77. The van der Waals surface area contributed by atoms with Gasteiger partial charge in [0.25, 0.3) is 5.56 Å². The predicted molar refractivity (Wildman–Crippen MR) is 132 cm³/mol. The fourth-order valence-electron chi connectivity index (χ4n) is 3.41. The Morgan fingerprint density at radius 3 is 2.48 bits per heavy atom. The van der Waals surface area contributed by atoms with E-state index < -0.39 is 5.25 Å². The zero-order chi connectivity index (χ0) is 23.4. The van der Waals surface area contributed by atoms with Crippen LogP contribution in [-0.2, 0) is 11.3 Å². The molecule has 4 aromatic rings. The summed E-state index contributed by atoms with van der Waals surface area (Å²) in [6, 6.07) is 23.7. The summed E-state index contributed by atoms with van der Waals surface area (Å²) in [6.07, 6.45) is 0. The summed E-state index contributed by atoms with van der Waals surface area (Å²) in [7, 11) is 0. The average molecular weight is 458 g/mol. The molecule has 0 radical (unpaired) electrons. The molecule has 0 saturated heterocycles. The smallest absolute Gasteiger partial charge is 0.262 e. The van der Waals surface area contributed by atoms with E-state index in [9.17, 15) is 14.4 Å². The van der Waals surface area contributed by atoms with Crippen LogP contribution in [0.1, 0.15) is 29.8 Å². The number of hydrogen-bond acceptors (Lipinski definition) is 5. The van der Waals surface area contributed by atoms with Crippen molar-refractivity contribution in [1.82, 2.24) is 9.55 Å². The highest BCUT2D eigenvalue weighted by atomic mass is 32.2. The van der Waals surface area contributed by atoms with Crippen molar-refractivity contribution >= 4 is 40.0 Å². The molecule has 7 heteroatoms. The van der Waals surface area contributed by atoms with Gasteiger partial charge in [-0.05, 0) is 43.7 Å². The first-order valence-electron chi connectivity index (χ1n) is 10.5. The summed E-state index contributed by atoms with van der Waals surface area (Å²) in [4.78, 5) is 42.5. The number of para-hydroxylation sites is 1. The lowest BCUT2D eigenvalue weighted by atomic mass is 10.1. The fourth-order valence-corrected chi connectivity index (χ4v) is 4.32. The molecule has 0 aliphatic carbocycles. The van der Waals surface area contributed by atoms with Gasteiger partial charge in [-0.1, -0.05) is 66.4 Å². The molecule has 0 aliphatic rings. The van der Waals surface area contributed by atoms with Gasteiger partial charge in [-0.2, -0.15) is 0 Å². The Bertz CT molecular complexity index is 1380. The molecule has 0 saturated carbocycles. The number of aromatic nitrogens is 2. The molecular weight excluding hydrogens is 434 g/mol. The molecule has 1 N–H and O–H groups in total. The van der Waals surface area contributed by atoms with Crippen LogP contribution in [0.15, 0.2) is 88.8 Å². The number of nitrogens with one attached hydrogen (secondary N) is 1. The highest BCUT2D eigenvalue weighted by molar-refractivity contribution is 8.00. The zero-order valence-electron chi connectivity index (χ0n) is 18.3. The molecule has 166 valence electrons. The van der Waals surface area contributed by atoms with Gasteiger partial charge in [-0.3, -0.25) is 19.0 Å². The third kappa shape index (κ3) is 5.21. The second kappa shape index (κ2) is 9.83. The van der Waals surface area contributed by atoms with Gasteiger partial charge in [0, 0.05) is 11.3 Å². The number of Topliss-reactive ketones (excluding diaryl/α,β-unsaturated/α-hetero) is 1. The van der Waals surface area contributed by atoms with E-state index in [-0.39, 0.29) is 17.2 Å². The van der Waals surface area contributed by atoms with Crippen molar-refractivity contribution in [2.24, 2.45) is 0 Å². The van der Waals surface area contributed by atoms with Crippen molar-refractivity contribution in [2.75, 3.05) is 5.32 Å². The minimum atomic E-state index is -0.527. The van der Waals surface area contributed by atoms with Gasteiger partial charge >= 0.3 is 0 Å². The van der Waals surface area contributed by atoms with Crippen LogP contribution in [0.3, 0.4) is 0 Å². The van der Waals surface area contributed by atoms with Crippen LogP contribution in [0.2, 0.25) is 0 Å². The van der Waals surface area contributed by atoms with Crippen LogP contribution >= 0.6 is 11.8 Å². The van der Waals surface area contributed by atoms with Crippen molar-refractivity contribution < 1.29 is 9.59 Å². The van der Waals surface area contributed by atoms with Crippen LogP contribution in [-0.4, -0.2) is 26.5 Å². The Kier molecular flexibility index (Phi) is 6.70. The second-order valence-corrected chi connectivity index (χ2v) is 8.98. The molecule has 0 spiro atoms. The number of benzene rings is 3. The Hall–Kier alpha value is -3.71. The standard InChI is InChI=1S/C26H23N3O3S/c1-17(30)20-11-8-12-21(15-20)27-24(31)18(2)33-26-28-23-14-7-6-13-22(23)25(32)29(26)16-19-9-4-3-5-10-19/h3-15,18H,16H2,1-2H3,(H,27,31)/t18-/m1/s1. The molecular formula is C26H23N3O3S. The van der Waals surface area contributed by atoms with Gasteiger partial charge in [-0.25, -0.2) is 4.98 Å². The number of amides is 1. The molecule has 4 rings (SSSR count). The minimum Gasteiger partial charge on any atom is -0.325 e. The number of ketones is 1. The van der Waals surface area contributed by atoms with E-state index in [2.05, 4.69) is 5.32 Å². The Morgan fingerprint density at radius 1 is 1.00 bits per heavy atom. The van der Waals surface area contributed by atoms with E-state index in [1.54, 1.807) is 47.9 Å². The second-order valence-electron chi connectivity index (χ2n) is 7.67. The van der Waals surface area contributed by atoms with Crippen molar-refractivity contribution in [3.63, 3.8) is 0 Å². The molecule has 1 atom stereocenters. The third-order valence-electron chi connectivity index (χ3n) is 5.20. The monoisotopic (exact) mass is 457 g/mol. The van der Waals surface area contributed by atoms with E-state index in [4.69, 9.17) is 4.98 Å². The van der Waals surface area contributed by atoms with Gasteiger partial charge in [-0.15, -0.1) is 0 Å². The molecule has 0 bridgehead atoms. The number of carbonyl (C=O) groups is 2. The molecule has 6 nitrogen and oxygen atoms in total. The molecule has 3 aromatic carbocycles. The summed E-state index contributed by atoms with van der Waals surface area (Å²) in [5.74, 6) is -0.312. The number of nitrogens with zero attached hydrogens (tertiary/aromatic N) is 2. The van der Waals surface area contributed by atoms with Crippen LogP contribution in [0, 0.1) is 0 Å². The molecule has 0 aliphatic heterocycles. The molecule has 0 fully saturated rings. The first-order chi connectivity index (χ1) is 15.9. The number of fused-ring (bicyclic) bond motifs is 1. The van der Waals surface area contributed by atoms with Gasteiger partial charge in [0.15, 0.2) is 10.9 Å². The lowest BCUT2D eigenvalue weighted by Gasteiger charge is -2.17. The zero-order valence-corrected chi connectivity index (χ0v) is 19.1. The number of anilines is 1. The van der Waals surface area contributed by atoms with Crippen LogP contribution < -0.4 is 10.9 Å². The van der Waals surface area contributed by atoms with E-state index in [1.807, 2.05) is 42.5 Å². The van der Waals surface area contributed by atoms with Crippen LogP contribution in [0.25, 0.3) is 10.9 Å². The lowest BCUT2D eigenvalue weighted by Crippen LogP contribution is -2.27. The molecule has 1 aromatic heterocycles. The van der Waals surface area contributed by atoms with Crippen molar-refractivity contribution in [2.45, 2.75) is 30.8 Å². The summed E-state index contributed by atoms with van der Waals surface area (Å²) in [6.45, 7) is 3.61. The van der Waals surface area contributed by atoms with E-state index in [0.717, 1.165) is 5.56 Å². The molecule has 1 heterocycles. The highest BCUT2D eigenvalue weighted by Gasteiger charge is 2.20. The maximum atomic E-state index is 13.3. The molecule has 1 amide bonds. The maximum absolute atomic E-state index is 13.3. The van der Waals surface area contributed by atoms with Gasteiger partial charge in [0.2, 0.25) is 5.91 Å². The first-order valence-corrected chi connectivity index (χ1v) is 11.4. The molecule has 0 unspecified atom stereocenters. The number of rotatable bonds is 7. The number of hydrogen-bond donors (Lipinski definition) is 1. The largest absolute Gasteiger partial charge is 0.325 e. The van der Waals surface area contributed by atoms with E-state index in [0.29, 0.717) is 33.9 Å². The summed E-state index contributed by atoms with van der Waals surface area (Å²) >= 11 is 1.23.